The molecule has 16 heteroatoms. The van der Waals surface area contributed by atoms with E-state index in [4.69, 9.17) is 24.1 Å². The molecule has 5 atom stereocenters. The van der Waals surface area contributed by atoms with E-state index in [0.29, 0.717) is 11.8 Å². The highest BCUT2D eigenvalue weighted by atomic mass is 31.2. The number of benzene rings is 2. The van der Waals surface area contributed by atoms with Crippen molar-refractivity contribution in [3.8, 4) is 5.75 Å². The van der Waals surface area contributed by atoms with Gasteiger partial charge < -0.3 is 19.1 Å². The first-order chi connectivity index (χ1) is 20.1. The summed E-state index contributed by atoms with van der Waals surface area (Å²) >= 11 is 0. The predicted octanol–water partition coefficient (Wildman–Crippen LogP) is 3.40. The van der Waals surface area contributed by atoms with E-state index in [1.165, 1.54) is 13.8 Å². The lowest BCUT2D eigenvalue weighted by molar-refractivity contribution is -0.145. The molecule has 0 spiro atoms. The van der Waals surface area contributed by atoms with Crippen LogP contribution in [0, 0.1) is 0 Å². The highest BCUT2D eigenvalue weighted by molar-refractivity contribution is 7.52. The summed E-state index contributed by atoms with van der Waals surface area (Å²) < 4.78 is 37.6. The van der Waals surface area contributed by atoms with Gasteiger partial charge in [0.2, 0.25) is 0 Å². The molecule has 1 aromatic heterocycles. The molecule has 226 valence electrons. The van der Waals surface area contributed by atoms with E-state index in [1.807, 2.05) is 25.1 Å². The molecule has 42 heavy (non-hydrogen) atoms. The van der Waals surface area contributed by atoms with Crippen LogP contribution in [0.15, 0.2) is 69.4 Å². The molecule has 0 bridgehead atoms. The van der Waals surface area contributed by atoms with Gasteiger partial charge in [-0.25, -0.2) is 9.36 Å². The summed E-state index contributed by atoms with van der Waals surface area (Å²) in [6, 6.07) is 12.3. The van der Waals surface area contributed by atoms with Crippen molar-refractivity contribution in [1.29, 1.82) is 0 Å². The number of nitrogens with zero attached hydrogens (tertiary/aromatic N) is 4. The Kier molecular flexibility index (Phi) is 11.9. The van der Waals surface area contributed by atoms with Crippen molar-refractivity contribution in [3.05, 3.63) is 86.0 Å². The van der Waals surface area contributed by atoms with Crippen LogP contribution in [0.25, 0.3) is 21.2 Å². The first-order valence-corrected chi connectivity index (χ1v) is 14.6. The quantitative estimate of drug-likeness (QED) is 0.0714. The predicted molar refractivity (Wildman–Crippen MR) is 153 cm³/mol. The summed E-state index contributed by atoms with van der Waals surface area (Å²) in [5.74, 6) is -0.481. The molecule has 15 nitrogen and oxygen atoms in total. The fourth-order valence-corrected chi connectivity index (χ4v) is 5.26. The maximum Gasteiger partial charge on any atom is 0.459 e. The summed E-state index contributed by atoms with van der Waals surface area (Å²) in [5.41, 5.74) is 7.31. The Morgan fingerprint density at radius 3 is 2.62 bits per heavy atom. The number of H-pyrrole nitrogens is 1. The van der Waals surface area contributed by atoms with Gasteiger partial charge in [-0.1, -0.05) is 48.4 Å². The number of carbonyl (C=O) groups excluding carboxylic acids is 1. The zero-order valence-electron chi connectivity index (χ0n) is 23.3. The third-order valence-electron chi connectivity index (χ3n) is 5.86. The Hall–Kier alpha value is -3.97. The SMILES string of the molecule is CCCOC(=O)[C@H](C)N[P@](=O)(OC[C@@H](OC(CN=[N+]=[N-])n1ccc(=O)[nH]c1=O)[C@H](C)O)Oc1cccc2ccccc12. The van der Waals surface area contributed by atoms with Gasteiger partial charge in [0.15, 0.2) is 0 Å². The van der Waals surface area contributed by atoms with Gasteiger partial charge in [0, 0.05) is 22.6 Å². The molecule has 0 saturated carbocycles. The van der Waals surface area contributed by atoms with Crippen LogP contribution in [0.3, 0.4) is 0 Å². The van der Waals surface area contributed by atoms with Crippen LogP contribution in [0.1, 0.15) is 33.4 Å². The molecule has 0 aliphatic heterocycles. The summed E-state index contributed by atoms with van der Waals surface area (Å²) in [7, 11) is -4.37. The van der Waals surface area contributed by atoms with Crippen LogP contribution in [-0.2, 0) is 23.4 Å². The highest BCUT2D eigenvalue weighted by Crippen LogP contribution is 2.47. The monoisotopic (exact) mass is 604 g/mol. The fraction of sp³-hybridized carbons (Fsp3) is 0.423. The third kappa shape index (κ3) is 9.02. The van der Waals surface area contributed by atoms with Crippen molar-refractivity contribution < 1.29 is 33.0 Å². The van der Waals surface area contributed by atoms with Gasteiger partial charge in [-0.2, -0.15) is 5.09 Å². The summed E-state index contributed by atoms with van der Waals surface area (Å²) in [6.45, 7) is 3.83. The van der Waals surface area contributed by atoms with Gasteiger partial charge in [0.1, 0.15) is 24.1 Å². The number of carbonyl (C=O) groups is 1. The standard InChI is InChI=1S/C26H33N6O9P/c1-4-14-38-25(35)17(2)30-42(37,41-21-11-7-9-19-8-5-6-10-20(19)21)39-16-22(18(3)33)40-24(15-28-31-27)32-13-12-23(34)29-26(32)36/h5-13,17-18,22,24,33H,4,14-16H2,1-3H3,(H,30,37)(H,29,34,36)/t17-,18-,22+,24?,42-/m0/s1. The molecule has 1 unspecified atom stereocenters. The second-order valence-corrected chi connectivity index (χ2v) is 10.9. The number of aromatic nitrogens is 2. The van der Waals surface area contributed by atoms with Crippen LogP contribution in [0.5, 0.6) is 5.75 Å². The van der Waals surface area contributed by atoms with E-state index in [2.05, 4.69) is 20.1 Å². The van der Waals surface area contributed by atoms with Crippen LogP contribution < -0.4 is 20.9 Å². The first-order valence-electron chi connectivity index (χ1n) is 13.1. The van der Waals surface area contributed by atoms with Crippen molar-refractivity contribution in [2.75, 3.05) is 19.8 Å². The minimum absolute atomic E-state index is 0.162. The van der Waals surface area contributed by atoms with Gasteiger partial charge in [-0.3, -0.25) is 23.7 Å². The van der Waals surface area contributed by atoms with Gasteiger partial charge in [-0.05, 0) is 37.3 Å². The number of nitrogens with one attached hydrogen (secondary N) is 2. The van der Waals surface area contributed by atoms with E-state index in [1.54, 1.807) is 24.3 Å². The third-order valence-corrected chi connectivity index (χ3v) is 7.49. The minimum Gasteiger partial charge on any atom is -0.465 e. The number of aliphatic hydroxyl groups excluding tert-OH is 1. The molecule has 3 aromatic rings. The molecule has 2 aromatic carbocycles. The van der Waals surface area contributed by atoms with Crippen molar-refractivity contribution in [2.45, 2.75) is 51.7 Å². The molecule has 0 saturated heterocycles. The van der Waals surface area contributed by atoms with Gasteiger partial charge in [0.25, 0.3) is 5.56 Å². The Morgan fingerprint density at radius 1 is 1.19 bits per heavy atom. The Morgan fingerprint density at radius 2 is 1.93 bits per heavy atom. The Labute approximate surface area is 240 Å². The summed E-state index contributed by atoms with van der Waals surface area (Å²) in [6.07, 6.45) is -2.06. The molecule has 3 N–H and O–H groups in total. The molecular formula is C26H33N6O9P. The number of aliphatic hydroxyl groups is 1. The smallest absolute Gasteiger partial charge is 0.459 e. The fourth-order valence-electron chi connectivity index (χ4n) is 3.73. The second-order valence-electron chi connectivity index (χ2n) is 9.18. The van der Waals surface area contributed by atoms with E-state index in [-0.39, 0.29) is 12.4 Å². The number of aromatic amines is 1. The maximum atomic E-state index is 14.1. The number of hydrogen-bond acceptors (Lipinski definition) is 10. The normalized spacial score (nSPS) is 15.5. The van der Waals surface area contributed by atoms with E-state index in [9.17, 15) is 24.1 Å². The lowest BCUT2D eigenvalue weighted by Crippen LogP contribution is -2.40. The molecule has 0 radical (unpaired) electrons. The van der Waals surface area contributed by atoms with Crippen molar-refractivity contribution in [1.82, 2.24) is 14.6 Å². The lowest BCUT2D eigenvalue weighted by Gasteiger charge is -2.29. The summed E-state index contributed by atoms with van der Waals surface area (Å²) in [5, 5.41) is 17.9. The average Bonchev–Trinajstić information content (AvgIpc) is 2.96. The molecular weight excluding hydrogens is 571 g/mol. The zero-order valence-corrected chi connectivity index (χ0v) is 24.2. The Balaban J connectivity index is 1.90. The molecule has 0 aliphatic rings. The largest absolute Gasteiger partial charge is 0.465 e. The molecule has 0 fully saturated rings. The number of esters is 1. The molecule has 3 rings (SSSR count). The number of rotatable bonds is 16. The van der Waals surface area contributed by atoms with Gasteiger partial charge >= 0.3 is 19.4 Å². The zero-order chi connectivity index (χ0) is 30.7. The Bertz CT molecular complexity index is 1560. The van der Waals surface area contributed by atoms with Gasteiger partial charge in [-0.15, -0.1) is 0 Å². The number of hydrogen-bond donors (Lipinski definition) is 3. The van der Waals surface area contributed by atoms with Crippen LogP contribution in [0.2, 0.25) is 0 Å². The average molecular weight is 605 g/mol. The molecule has 0 aliphatic carbocycles. The highest BCUT2D eigenvalue weighted by Gasteiger charge is 2.35. The first kappa shape index (κ1) is 32.5. The van der Waals surface area contributed by atoms with Crippen LogP contribution >= 0.6 is 7.75 Å². The van der Waals surface area contributed by atoms with Crippen molar-refractivity contribution >= 4 is 24.5 Å². The molecule has 0 amide bonds. The van der Waals surface area contributed by atoms with Crippen molar-refractivity contribution in [2.24, 2.45) is 5.11 Å². The van der Waals surface area contributed by atoms with E-state index >= 15 is 0 Å². The molecule has 1 heterocycles. The van der Waals surface area contributed by atoms with Crippen LogP contribution in [0.4, 0.5) is 0 Å². The van der Waals surface area contributed by atoms with Crippen molar-refractivity contribution in [3.63, 3.8) is 0 Å². The van der Waals surface area contributed by atoms with Crippen LogP contribution in [-0.4, -0.2) is 58.6 Å². The number of azide groups is 1. The van der Waals surface area contributed by atoms with Gasteiger partial charge in [0.05, 0.1) is 25.9 Å². The van der Waals surface area contributed by atoms with E-state index in [0.717, 1.165) is 22.2 Å². The minimum atomic E-state index is -4.37. The topological polar surface area (TPSA) is 207 Å². The summed E-state index contributed by atoms with van der Waals surface area (Å²) in [4.78, 5) is 41.1. The number of fused-ring (bicyclic) bond motifs is 1. The van der Waals surface area contributed by atoms with E-state index < -0.39 is 62.6 Å². The maximum absolute atomic E-state index is 14.1. The number of ether oxygens (including phenoxy) is 2. The lowest BCUT2D eigenvalue weighted by atomic mass is 10.1. The second kappa shape index (κ2) is 15.3.